The first-order chi connectivity index (χ1) is 15.7. The summed E-state index contributed by atoms with van der Waals surface area (Å²) >= 11 is 0. The normalized spacial score (nSPS) is 11.2. The molecular weight excluding hydrogens is 398 g/mol. The van der Waals surface area contributed by atoms with E-state index in [-0.39, 0.29) is 11.8 Å². The van der Waals surface area contributed by atoms with Gasteiger partial charge in [0.25, 0.3) is 5.91 Å². The first-order valence-electron chi connectivity index (χ1n) is 10.8. The first-order valence-corrected chi connectivity index (χ1v) is 10.8. The molecule has 160 valence electrons. The summed E-state index contributed by atoms with van der Waals surface area (Å²) in [5.74, 6) is -0.328. The van der Waals surface area contributed by atoms with E-state index in [0.717, 1.165) is 39.9 Å². The Labute approximate surface area is 187 Å². The van der Waals surface area contributed by atoms with Crippen LogP contribution in [-0.4, -0.2) is 18.0 Å². The van der Waals surface area contributed by atoms with Crippen LogP contribution in [0.2, 0.25) is 0 Å². The van der Waals surface area contributed by atoms with E-state index in [4.69, 9.17) is 0 Å². The fourth-order valence-corrected chi connectivity index (χ4v) is 3.67. The van der Waals surface area contributed by atoms with E-state index in [1.54, 1.807) is 30.5 Å². The molecule has 0 radical (unpaired) electrons. The van der Waals surface area contributed by atoms with Crippen molar-refractivity contribution < 1.29 is 9.59 Å². The molecule has 0 aliphatic carbocycles. The van der Waals surface area contributed by atoms with Crippen LogP contribution < -0.4 is 10.7 Å². The Morgan fingerprint density at radius 1 is 0.875 bits per heavy atom. The van der Waals surface area contributed by atoms with Crippen molar-refractivity contribution in [3.05, 3.63) is 90.0 Å². The summed E-state index contributed by atoms with van der Waals surface area (Å²) in [6.45, 7) is 2.05. The van der Waals surface area contributed by atoms with Crippen LogP contribution in [0, 0.1) is 0 Å². The number of amides is 2. The van der Waals surface area contributed by atoms with E-state index in [1.165, 1.54) is 0 Å². The standard InChI is InChI=1S/C27H25N3O2/c1-2-3-12-26(31)29-22-15-13-19(14-16-22)27(32)30-28-18-25-23-10-6-4-8-20(23)17-21-9-5-7-11-24(21)25/h4-11,13-18H,2-3,12H2,1H3,(H,29,31)(H,30,32). The van der Waals surface area contributed by atoms with E-state index in [2.05, 4.69) is 46.2 Å². The van der Waals surface area contributed by atoms with Crippen molar-refractivity contribution in [1.29, 1.82) is 0 Å². The Morgan fingerprint density at radius 2 is 1.50 bits per heavy atom. The van der Waals surface area contributed by atoms with Gasteiger partial charge in [-0.25, -0.2) is 5.43 Å². The molecule has 4 aromatic carbocycles. The second kappa shape index (κ2) is 9.88. The number of carbonyl (C=O) groups is 2. The lowest BCUT2D eigenvalue weighted by Crippen LogP contribution is -2.18. The SMILES string of the molecule is CCCCC(=O)Nc1ccc(C(=O)NN=Cc2c3ccccc3cc3ccccc23)cc1. The Bertz CT molecular complexity index is 1240. The lowest BCUT2D eigenvalue weighted by atomic mass is 9.97. The Balaban J connectivity index is 1.49. The lowest BCUT2D eigenvalue weighted by molar-refractivity contribution is -0.116. The zero-order valence-corrected chi connectivity index (χ0v) is 18.0. The van der Waals surface area contributed by atoms with Gasteiger partial charge >= 0.3 is 0 Å². The molecule has 2 N–H and O–H groups in total. The van der Waals surface area contributed by atoms with Crippen molar-refractivity contribution in [1.82, 2.24) is 5.43 Å². The van der Waals surface area contributed by atoms with Gasteiger partial charge in [0.05, 0.1) is 6.21 Å². The molecule has 5 nitrogen and oxygen atoms in total. The van der Waals surface area contributed by atoms with Crippen LogP contribution >= 0.6 is 0 Å². The molecule has 0 unspecified atom stereocenters. The van der Waals surface area contributed by atoms with Gasteiger partial charge in [-0.2, -0.15) is 5.10 Å². The topological polar surface area (TPSA) is 70.6 Å². The van der Waals surface area contributed by atoms with Gasteiger partial charge in [0, 0.05) is 23.2 Å². The monoisotopic (exact) mass is 423 g/mol. The maximum absolute atomic E-state index is 12.5. The second-order valence-electron chi connectivity index (χ2n) is 7.66. The van der Waals surface area contributed by atoms with Crippen molar-refractivity contribution in [3.63, 3.8) is 0 Å². The summed E-state index contributed by atoms with van der Waals surface area (Å²) in [5, 5.41) is 11.5. The van der Waals surface area contributed by atoms with Crippen molar-refractivity contribution in [2.75, 3.05) is 5.32 Å². The van der Waals surface area contributed by atoms with E-state index in [9.17, 15) is 9.59 Å². The third-order valence-corrected chi connectivity index (χ3v) is 5.36. The highest BCUT2D eigenvalue weighted by Crippen LogP contribution is 2.27. The largest absolute Gasteiger partial charge is 0.326 e. The number of nitrogens with zero attached hydrogens (tertiary/aromatic N) is 1. The summed E-state index contributed by atoms with van der Waals surface area (Å²) < 4.78 is 0. The minimum atomic E-state index is -0.311. The summed E-state index contributed by atoms with van der Waals surface area (Å²) in [6.07, 6.45) is 4.03. The van der Waals surface area contributed by atoms with Crippen molar-refractivity contribution in [2.24, 2.45) is 5.10 Å². The molecule has 0 atom stereocenters. The van der Waals surface area contributed by atoms with Crippen LogP contribution in [0.4, 0.5) is 5.69 Å². The van der Waals surface area contributed by atoms with Gasteiger partial charge in [-0.15, -0.1) is 0 Å². The molecule has 0 aliphatic rings. The Morgan fingerprint density at radius 3 is 2.12 bits per heavy atom. The van der Waals surface area contributed by atoms with Crippen LogP contribution in [0.3, 0.4) is 0 Å². The maximum atomic E-state index is 12.5. The minimum absolute atomic E-state index is 0.0176. The van der Waals surface area contributed by atoms with Crippen LogP contribution in [0.1, 0.15) is 42.1 Å². The number of fused-ring (bicyclic) bond motifs is 2. The van der Waals surface area contributed by atoms with Gasteiger partial charge in [0.2, 0.25) is 5.91 Å². The third-order valence-electron chi connectivity index (χ3n) is 5.36. The molecule has 0 saturated heterocycles. The average Bonchev–Trinajstić information content (AvgIpc) is 2.82. The Kier molecular flexibility index (Phi) is 6.56. The number of anilines is 1. The van der Waals surface area contributed by atoms with Gasteiger partial charge in [-0.1, -0.05) is 61.9 Å². The second-order valence-corrected chi connectivity index (χ2v) is 7.66. The van der Waals surface area contributed by atoms with Gasteiger partial charge in [-0.05, 0) is 58.3 Å². The molecule has 2 amide bonds. The molecular formula is C27H25N3O2. The molecule has 5 heteroatoms. The van der Waals surface area contributed by atoms with Crippen LogP contribution in [0.25, 0.3) is 21.5 Å². The van der Waals surface area contributed by atoms with Crippen molar-refractivity contribution in [3.8, 4) is 0 Å². The number of nitrogens with one attached hydrogen (secondary N) is 2. The number of hydrogen-bond donors (Lipinski definition) is 2. The quantitative estimate of drug-likeness (QED) is 0.221. The summed E-state index contributed by atoms with van der Waals surface area (Å²) in [6, 6.07) is 25.2. The predicted molar refractivity (Wildman–Crippen MR) is 131 cm³/mol. The van der Waals surface area contributed by atoms with Gasteiger partial charge in [0.1, 0.15) is 0 Å². The van der Waals surface area contributed by atoms with Gasteiger partial charge in [-0.3, -0.25) is 9.59 Å². The zero-order valence-electron chi connectivity index (χ0n) is 18.0. The van der Waals surface area contributed by atoms with E-state index in [1.807, 2.05) is 31.2 Å². The number of benzene rings is 4. The van der Waals surface area contributed by atoms with Crippen molar-refractivity contribution in [2.45, 2.75) is 26.2 Å². The highest BCUT2D eigenvalue weighted by atomic mass is 16.2. The first kappa shape index (κ1) is 21.2. The molecule has 0 aliphatic heterocycles. The molecule has 0 saturated carbocycles. The minimum Gasteiger partial charge on any atom is -0.326 e. The summed E-state index contributed by atoms with van der Waals surface area (Å²) in [4.78, 5) is 24.4. The highest BCUT2D eigenvalue weighted by Gasteiger charge is 2.08. The van der Waals surface area contributed by atoms with Crippen LogP contribution in [-0.2, 0) is 4.79 Å². The lowest BCUT2D eigenvalue weighted by Gasteiger charge is -2.08. The number of rotatable bonds is 7. The highest BCUT2D eigenvalue weighted by molar-refractivity contribution is 6.13. The fraction of sp³-hybridized carbons (Fsp3) is 0.148. The van der Waals surface area contributed by atoms with E-state index in [0.29, 0.717) is 17.7 Å². The number of hydrogen-bond acceptors (Lipinski definition) is 3. The Hall–Kier alpha value is -3.99. The molecule has 4 rings (SSSR count). The van der Waals surface area contributed by atoms with Crippen LogP contribution in [0.15, 0.2) is 84.0 Å². The average molecular weight is 424 g/mol. The molecule has 4 aromatic rings. The third kappa shape index (κ3) is 4.83. The van der Waals surface area contributed by atoms with Gasteiger partial charge < -0.3 is 5.32 Å². The smallest absolute Gasteiger partial charge is 0.271 e. The molecule has 0 aromatic heterocycles. The van der Waals surface area contributed by atoms with Crippen molar-refractivity contribution >= 4 is 45.3 Å². The molecule has 0 fully saturated rings. The number of hydrazone groups is 1. The van der Waals surface area contributed by atoms with E-state index >= 15 is 0 Å². The molecule has 0 spiro atoms. The molecule has 0 heterocycles. The zero-order chi connectivity index (χ0) is 22.3. The maximum Gasteiger partial charge on any atom is 0.271 e. The van der Waals surface area contributed by atoms with Gasteiger partial charge in [0.15, 0.2) is 0 Å². The number of carbonyl (C=O) groups excluding carboxylic acids is 2. The molecule has 32 heavy (non-hydrogen) atoms. The summed E-state index contributed by atoms with van der Waals surface area (Å²) in [5.41, 5.74) is 4.71. The number of unbranched alkanes of at least 4 members (excludes halogenated alkanes) is 1. The van der Waals surface area contributed by atoms with E-state index < -0.39 is 0 Å². The van der Waals surface area contributed by atoms with Crippen LogP contribution in [0.5, 0.6) is 0 Å². The fourth-order valence-electron chi connectivity index (χ4n) is 3.67. The predicted octanol–water partition coefficient (Wildman–Crippen LogP) is 5.89. The summed E-state index contributed by atoms with van der Waals surface area (Å²) in [7, 11) is 0. The molecule has 0 bridgehead atoms.